The van der Waals surface area contributed by atoms with Crippen molar-refractivity contribution >= 4 is 0 Å². The van der Waals surface area contributed by atoms with Gasteiger partial charge in [-0.15, -0.1) is 0 Å². The van der Waals surface area contributed by atoms with Crippen LogP contribution in [0.5, 0.6) is 0 Å². The average molecular weight is 249 g/mol. The van der Waals surface area contributed by atoms with Gasteiger partial charge in [0.1, 0.15) is 0 Å². The Kier molecular flexibility index (Phi) is 5.11. The molecule has 18 heavy (non-hydrogen) atoms. The third-order valence-electron chi connectivity index (χ3n) is 3.65. The SMILES string of the molecule is CN(CCc1ccccn1)C(CN)C1CCCO1. The van der Waals surface area contributed by atoms with E-state index in [2.05, 4.69) is 23.0 Å². The molecule has 1 saturated heterocycles. The Bertz CT molecular complexity index is 338. The first kappa shape index (κ1) is 13.5. The van der Waals surface area contributed by atoms with Gasteiger partial charge < -0.3 is 10.5 Å². The van der Waals surface area contributed by atoms with Crippen LogP contribution in [0.4, 0.5) is 0 Å². The van der Waals surface area contributed by atoms with Crippen LogP contribution in [0, 0.1) is 0 Å². The normalized spacial score (nSPS) is 21.4. The van der Waals surface area contributed by atoms with E-state index in [4.69, 9.17) is 10.5 Å². The van der Waals surface area contributed by atoms with Crippen molar-refractivity contribution in [1.29, 1.82) is 0 Å². The largest absolute Gasteiger partial charge is 0.377 e. The van der Waals surface area contributed by atoms with Gasteiger partial charge in [0.25, 0.3) is 0 Å². The van der Waals surface area contributed by atoms with Crippen molar-refractivity contribution in [2.45, 2.75) is 31.4 Å². The number of hydrogen-bond donors (Lipinski definition) is 1. The quantitative estimate of drug-likeness (QED) is 0.819. The molecule has 2 heterocycles. The molecule has 4 nitrogen and oxygen atoms in total. The molecule has 1 aliphatic heterocycles. The van der Waals surface area contributed by atoms with E-state index in [0.29, 0.717) is 18.7 Å². The lowest BCUT2D eigenvalue weighted by Crippen LogP contribution is -2.46. The maximum Gasteiger partial charge on any atom is 0.0743 e. The van der Waals surface area contributed by atoms with Crippen LogP contribution in [0.2, 0.25) is 0 Å². The fourth-order valence-corrected chi connectivity index (χ4v) is 2.52. The zero-order valence-corrected chi connectivity index (χ0v) is 11.1. The van der Waals surface area contributed by atoms with E-state index in [1.54, 1.807) is 0 Å². The third kappa shape index (κ3) is 3.51. The molecule has 100 valence electrons. The Balaban J connectivity index is 1.83. The molecule has 1 aromatic heterocycles. The molecule has 0 radical (unpaired) electrons. The van der Waals surface area contributed by atoms with Gasteiger partial charge in [0.05, 0.1) is 6.10 Å². The van der Waals surface area contributed by atoms with Crippen molar-refractivity contribution in [3.05, 3.63) is 30.1 Å². The summed E-state index contributed by atoms with van der Waals surface area (Å²) < 4.78 is 5.74. The van der Waals surface area contributed by atoms with Crippen LogP contribution in [0.25, 0.3) is 0 Å². The van der Waals surface area contributed by atoms with Crippen LogP contribution in [0.1, 0.15) is 18.5 Å². The number of aromatic nitrogens is 1. The highest BCUT2D eigenvalue weighted by Gasteiger charge is 2.27. The number of nitrogens with two attached hydrogens (primary N) is 1. The van der Waals surface area contributed by atoms with Crippen LogP contribution in [-0.4, -0.2) is 48.8 Å². The van der Waals surface area contributed by atoms with Gasteiger partial charge >= 0.3 is 0 Å². The van der Waals surface area contributed by atoms with Crippen molar-refractivity contribution in [2.24, 2.45) is 5.73 Å². The Morgan fingerprint density at radius 3 is 3.06 bits per heavy atom. The minimum atomic E-state index is 0.309. The first-order valence-corrected chi connectivity index (χ1v) is 6.73. The van der Waals surface area contributed by atoms with E-state index in [1.807, 2.05) is 18.3 Å². The molecule has 2 N–H and O–H groups in total. The van der Waals surface area contributed by atoms with Gasteiger partial charge in [0, 0.05) is 44.0 Å². The highest BCUT2D eigenvalue weighted by Crippen LogP contribution is 2.18. The first-order chi connectivity index (χ1) is 8.81. The highest BCUT2D eigenvalue weighted by atomic mass is 16.5. The standard InChI is InChI=1S/C14H23N3O/c1-17(9-7-12-5-2-3-8-16-12)13(11-15)14-6-4-10-18-14/h2-3,5,8,13-14H,4,6-7,9-11,15H2,1H3. The van der Waals surface area contributed by atoms with E-state index in [0.717, 1.165) is 38.1 Å². The molecule has 0 aromatic carbocycles. The number of ether oxygens (including phenoxy) is 1. The van der Waals surface area contributed by atoms with E-state index >= 15 is 0 Å². The smallest absolute Gasteiger partial charge is 0.0743 e. The molecule has 1 aliphatic rings. The lowest BCUT2D eigenvalue weighted by atomic mass is 10.1. The second-order valence-electron chi connectivity index (χ2n) is 4.91. The van der Waals surface area contributed by atoms with Gasteiger partial charge in [-0.2, -0.15) is 0 Å². The molecule has 0 bridgehead atoms. The Labute approximate surface area is 109 Å². The fraction of sp³-hybridized carbons (Fsp3) is 0.643. The molecular formula is C14H23N3O. The predicted molar refractivity (Wildman–Crippen MR) is 72.4 cm³/mol. The zero-order chi connectivity index (χ0) is 12.8. The van der Waals surface area contributed by atoms with Gasteiger partial charge in [-0.25, -0.2) is 0 Å². The molecular weight excluding hydrogens is 226 g/mol. The molecule has 2 unspecified atom stereocenters. The van der Waals surface area contributed by atoms with E-state index in [-0.39, 0.29) is 0 Å². The summed E-state index contributed by atoms with van der Waals surface area (Å²) in [6.45, 7) is 2.51. The molecule has 0 saturated carbocycles. The minimum absolute atomic E-state index is 0.309. The maximum absolute atomic E-state index is 5.89. The van der Waals surface area contributed by atoms with Crippen molar-refractivity contribution in [3.8, 4) is 0 Å². The molecule has 1 aromatic rings. The van der Waals surface area contributed by atoms with Crippen LogP contribution in [-0.2, 0) is 11.2 Å². The van der Waals surface area contributed by atoms with Crippen LogP contribution in [0.15, 0.2) is 24.4 Å². The first-order valence-electron chi connectivity index (χ1n) is 6.73. The average Bonchev–Trinajstić information content (AvgIpc) is 2.92. The van der Waals surface area contributed by atoms with Crippen molar-refractivity contribution < 1.29 is 4.74 Å². The summed E-state index contributed by atoms with van der Waals surface area (Å²) >= 11 is 0. The van der Waals surface area contributed by atoms with Gasteiger partial charge in [-0.3, -0.25) is 9.88 Å². The topological polar surface area (TPSA) is 51.4 Å². The molecule has 2 rings (SSSR count). The van der Waals surface area contributed by atoms with Gasteiger partial charge in [0.15, 0.2) is 0 Å². The second-order valence-corrected chi connectivity index (χ2v) is 4.91. The summed E-state index contributed by atoms with van der Waals surface area (Å²) in [5.41, 5.74) is 7.02. The van der Waals surface area contributed by atoms with Crippen molar-refractivity contribution in [3.63, 3.8) is 0 Å². The van der Waals surface area contributed by atoms with Crippen LogP contribution < -0.4 is 5.73 Å². The zero-order valence-electron chi connectivity index (χ0n) is 11.1. The third-order valence-corrected chi connectivity index (χ3v) is 3.65. The predicted octanol–water partition coefficient (Wildman–Crippen LogP) is 1.06. The molecule has 0 spiro atoms. The number of pyridine rings is 1. The number of nitrogens with zero attached hydrogens (tertiary/aromatic N) is 2. The minimum Gasteiger partial charge on any atom is -0.377 e. The summed E-state index contributed by atoms with van der Waals surface area (Å²) in [6, 6.07) is 6.37. The Morgan fingerprint density at radius 1 is 1.56 bits per heavy atom. The van der Waals surface area contributed by atoms with Crippen molar-refractivity contribution in [1.82, 2.24) is 9.88 Å². The lowest BCUT2D eigenvalue weighted by Gasteiger charge is -2.31. The Hall–Kier alpha value is -0.970. The summed E-state index contributed by atoms with van der Waals surface area (Å²) in [5.74, 6) is 0. The van der Waals surface area contributed by atoms with Gasteiger partial charge in [0.2, 0.25) is 0 Å². The molecule has 1 fully saturated rings. The number of rotatable bonds is 6. The molecule has 0 amide bonds. The molecule has 4 heteroatoms. The lowest BCUT2D eigenvalue weighted by molar-refractivity contribution is 0.0378. The maximum atomic E-state index is 5.89. The summed E-state index contributed by atoms with van der Waals surface area (Å²) in [4.78, 5) is 6.65. The van der Waals surface area contributed by atoms with Crippen LogP contribution >= 0.6 is 0 Å². The van der Waals surface area contributed by atoms with E-state index in [9.17, 15) is 0 Å². The summed E-state index contributed by atoms with van der Waals surface area (Å²) in [7, 11) is 2.13. The molecule has 2 atom stereocenters. The monoisotopic (exact) mass is 249 g/mol. The fourth-order valence-electron chi connectivity index (χ4n) is 2.52. The van der Waals surface area contributed by atoms with E-state index in [1.165, 1.54) is 0 Å². The Morgan fingerprint density at radius 2 is 2.44 bits per heavy atom. The summed E-state index contributed by atoms with van der Waals surface area (Å²) in [6.07, 6.45) is 5.41. The second kappa shape index (κ2) is 6.83. The number of likely N-dealkylation sites (N-methyl/N-ethyl adjacent to an activating group) is 1. The van der Waals surface area contributed by atoms with Crippen LogP contribution in [0.3, 0.4) is 0 Å². The van der Waals surface area contributed by atoms with Gasteiger partial charge in [-0.05, 0) is 32.0 Å². The van der Waals surface area contributed by atoms with Gasteiger partial charge in [-0.1, -0.05) is 6.07 Å². The summed E-state index contributed by atoms with van der Waals surface area (Å²) in [5, 5.41) is 0. The van der Waals surface area contributed by atoms with Crippen molar-refractivity contribution in [2.75, 3.05) is 26.7 Å². The highest BCUT2D eigenvalue weighted by molar-refractivity contribution is 5.03. The molecule has 0 aliphatic carbocycles. The van der Waals surface area contributed by atoms with E-state index < -0.39 is 0 Å². The number of hydrogen-bond acceptors (Lipinski definition) is 4.